The number of rotatable bonds is 13. The summed E-state index contributed by atoms with van der Waals surface area (Å²) < 4.78 is 83.6. The molecule has 0 heterocycles. The Hall–Kier alpha value is -4.66. The molecule has 0 aliphatic rings. The first-order valence-corrected chi connectivity index (χ1v) is 13.2. The van der Waals surface area contributed by atoms with Crippen molar-refractivity contribution in [3.8, 4) is 28.4 Å². The monoisotopic (exact) mass is 582 g/mol. The summed E-state index contributed by atoms with van der Waals surface area (Å²) in [6, 6.07) is 20.8. The van der Waals surface area contributed by atoms with E-state index in [0.717, 1.165) is 42.6 Å². The molecule has 0 aromatic heterocycles. The number of unbranched alkanes of at least 4 members (excludes halogenated alkanes) is 3. The SMILES string of the molecule is C=Cc1ccc(OCCCCCCOc2ccc(-c3ccc(C(=O)Oc4c(F)c(F)c(F)c(F)c4F)cc3)cc2)cc1. The number of carbonyl (C=O) groups is 1. The lowest BCUT2D eigenvalue weighted by Gasteiger charge is -2.10. The quantitative estimate of drug-likeness (QED) is 0.0394. The van der Waals surface area contributed by atoms with Gasteiger partial charge in [0.1, 0.15) is 11.5 Å². The van der Waals surface area contributed by atoms with Gasteiger partial charge in [-0.2, -0.15) is 8.78 Å². The Labute approximate surface area is 240 Å². The van der Waals surface area contributed by atoms with E-state index in [4.69, 9.17) is 9.47 Å². The summed E-state index contributed by atoms with van der Waals surface area (Å²) in [6.07, 6.45) is 5.67. The van der Waals surface area contributed by atoms with Crippen molar-refractivity contribution >= 4 is 12.0 Å². The molecule has 0 fully saturated rings. The molecule has 0 bridgehead atoms. The van der Waals surface area contributed by atoms with Crippen LogP contribution in [0, 0.1) is 29.1 Å². The van der Waals surface area contributed by atoms with Gasteiger partial charge in [0.15, 0.2) is 0 Å². The van der Waals surface area contributed by atoms with Crippen LogP contribution in [0.4, 0.5) is 22.0 Å². The zero-order chi connectivity index (χ0) is 30.1. The van der Waals surface area contributed by atoms with E-state index in [1.165, 1.54) is 12.1 Å². The van der Waals surface area contributed by atoms with Gasteiger partial charge in [0.25, 0.3) is 0 Å². The summed E-state index contributed by atoms with van der Waals surface area (Å²) in [6.45, 7) is 4.96. The zero-order valence-electron chi connectivity index (χ0n) is 22.5. The van der Waals surface area contributed by atoms with E-state index < -0.39 is 40.8 Å². The molecular formula is C33H27F5O4. The van der Waals surface area contributed by atoms with Gasteiger partial charge in [-0.3, -0.25) is 0 Å². The Bertz CT molecular complexity index is 1490. The van der Waals surface area contributed by atoms with Crippen molar-refractivity contribution in [3.05, 3.63) is 120 Å². The highest BCUT2D eigenvalue weighted by Gasteiger charge is 2.28. The molecule has 4 aromatic rings. The van der Waals surface area contributed by atoms with Gasteiger partial charge in [-0.15, -0.1) is 0 Å². The second kappa shape index (κ2) is 14.3. The molecule has 0 atom stereocenters. The molecule has 9 heteroatoms. The first kappa shape index (κ1) is 30.3. The van der Waals surface area contributed by atoms with E-state index >= 15 is 0 Å². The molecule has 0 N–H and O–H groups in total. The predicted octanol–water partition coefficient (Wildman–Crippen LogP) is 8.93. The average Bonchev–Trinajstić information content (AvgIpc) is 3.03. The van der Waals surface area contributed by atoms with E-state index in [1.54, 1.807) is 18.2 Å². The Morgan fingerprint density at radius 1 is 0.595 bits per heavy atom. The molecule has 0 aliphatic carbocycles. The van der Waals surface area contributed by atoms with Crippen molar-refractivity contribution < 1.29 is 41.0 Å². The van der Waals surface area contributed by atoms with E-state index in [9.17, 15) is 26.7 Å². The van der Waals surface area contributed by atoms with Gasteiger partial charge in [0, 0.05) is 0 Å². The summed E-state index contributed by atoms with van der Waals surface area (Å²) >= 11 is 0. The van der Waals surface area contributed by atoms with Crippen LogP contribution in [0.1, 0.15) is 41.6 Å². The van der Waals surface area contributed by atoms with Crippen LogP contribution >= 0.6 is 0 Å². The van der Waals surface area contributed by atoms with Gasteiger partial charge in [-0.1, -0.05) is 49.1 Å². The Morgan fingerprint density at radius 3 is 1.50 bits per heavy atom. The van der Waals surface area contributed by atoms with Crippen molar-refractivity contribution in [2.75, 3.05) is 13.2 Å². The molecular weight excluding hydrogens is 555 g/mol. The third-order valence-electron chi connectivity index (χ3n) is 6.36. The highest BCUT2D eigenvalue weighted by Crippen LogP contribution is 2.30. The maximum Gasteiger partial charge on any atom is 0.343 e. The highest BCUT2D eigenvalue weighted by atomic mass is 19.2. The van der Waals surface area contributed by atoms with Crippen LogP contribution in [0.25, 0.3) is 17.2 Å². The number of hydrogen-bond donors (Lipinski definition) is 0. The van der Waals surface area contributed by atoms with Crippen LogP contribution in [0.5, 0.6) is 17.2 Å². The lowest BCUT2D eigenvalue weighted by Crippen LogP contribution is -2.13. The predicted molar refractivity (Wildman–Crippen MR) is 149 cm³/mol. The fourth-order valence-electron chi connectivity index (χ4n) is 4.01. The topological polar surface area (TPSA) is 44.8 Å². The first-order valence-electron chi connectivity index (χ1n) is 13.2. The molecule has 0 saturated heterocycles. The third kappa shape index (κ3) is 7.54. The normalized spacial score (nSPS) is 10.8. The fourth-order valence-corrected chi connectivity index (χ4v) is 4.01. The Kier molecular flexibility index (Phi) is 10.3. The van der Waals surface area contributed by atoms with Crippen molar-refractivity contribution in [1.29, 1.82) is 0 Å². The molecule has 0 saturated carbocycles. The second-order valence-corrected chi connectivity index (χ2v) is 9.27. The number of esters is 1. The molecule has 0 unspecified atom stereocenters. The minimum atomic E-state index is -2.34. The molecule has 4 aromatic carbocycles. The van der Waals surface area contributed by atoms with Crippen molar-refractivity contribution in [1.82, 2.24) is 0 Å². The van der Waals surface area contributed by atoms with E-state index in [-0.39, 0.29) is 5.56 Å². The van der Waals surface area contributed by atoms with Crippen LogP contribution in [-0.4, -0.2) is 19.2 Å². The molecule has 0 radical (unpaired) electrons. The first-order chi connectivity index (χ1) is 20.3. The summed E-state index contributed by atoms with van der Waals surface area (Å²) in [7, 11) is 0. The number of ether oxygens (including phenoxy) is 3. The smallest absolute Gasteiger partial charge is 0.343 e. The largest absolute Gasteiger partial charge is 0.494 e. The van der Waals surface area contributed by atoms with E-state index in [0.29, 0.717) is 24.5 Å². The molecule has 0 aliphatic heterocycles. The third-order valence-corrected chi connectivity index (χ3v) is 6.36. The van der Waals surface area contributed by atoms with Gasteiger partial charge in [0.05, 0.1) is 18.8 Å². The minimum Gasteiger partial charge on any atom is -0.494 e. The van der Waals surface area contributed by atoms with Gasteiger partial charge in [0.2, 0.25) is 34.8 Å². The van der Waals surface area contributed by atoms with Gasteiger partial charge < -0.3 is 14.2 Å². The lowest BCUT2D eigenvalue weighted by atomic mass is 10.0. The fraction of sp³-hybridized carbons (Fsp3) is 0.182. The van der Waals surface area contributed by atoms with E-state index in [2.05, 4.69) is 11.3 Å². The van der Waals surface area contributed by atoms with Gasteiger partial charge in [-0.25, -0.2) is 18.0 Å². The Balaban J connectivity index is 1.20. The van der Waals surface area contributed by atoms with Crippen molar-refractivity contribution in [3.63, 3.8) is 0 Å². The van der Waals surface area contributed by atoms with E-state index in [1.807, 2.05) is 48.5 Å². The number of carbonyl (C=O) groups excluding carboxylic acids is 1. The van der Waals surface area contributed by atoms with Crippen LogP contribution < -0.4 is 14.2 Å². The van der Waals surface area contributed by atoms with Gasteiger partial charge in [-0.05, 0) is 78.8 Å². The van der Waals surface area contributed by atoms with Crippen molar-refractivity contribution in [2.24, 2.45) is 0 Å². The number of benzene rings is 4. The maximum absolute atomic E-state index is 13.8. The number of halogens is 5. The van der Waals surface area contributed by atoms with Crippen LogP contribution in [0.2, 0.25) is 0 Å². The summed E-state index contributed by atoms with van der Waals surface area (Å²) in [5.74, 6) is -12.6. The molecule has 0 amide bonds. The Morgan fingerprint density at radius 2 is 1.02 bits per heavy atom. The molecule has 218 valence electrons. The van der Waals surface area contributed by atoms with Crippen molar-refractivity contribution in [2.45, 2.75) is 25.7 Å². The summed E-state index contributed by atoms with van der Waals surface area (Å²) in [4.78, 5) is 12.3. The molecule has 42 heavy (non-hydrogen) atoms. The molecule has 0 spiro atoms. The highest BCUT2D eigenvalue weighted by molar-refractivity contribution is 5.91. The van der Waals surface area contributed by atoms with Crippen LogP contribution in [0.15, 0.2) is 79.4 Å². The summed E-state index contributed by atoms with van der Waals surface area (Å²) in [5.41, 5.74) is 2.43. The zero-order valence-corrected chi connectivity index (χ0v) is 22.5. The molecule has 4 nitrogen and oxygen atoms in total. The second-order valence-electron chi connectivity index (χ2n) is 9.27. The average molecular weight is 583 g/mol. The number of hydrogen-bond acceptors (Lipinski definition) is 4. The van der Waals surface area contributed by atoms with Crippen LogP contribution in [-0.2, 0) is 0 Å². The van der Waals surface area contributed by atoms with Gasteiger partial charge >= 0.3 is 5.97 Å². The van der Waals surface area contributed by atoms with Crippen LogP contribution in [0.3, 0.4) is 0 Å². The maximum atomic E-state index is 13.8. The summed E-state index contributed by atoms with van der Waals surface area (Å²) in [5, 5.41) is 0. The molecule has 4 rings (SSSR count). The standard InChI is InChI=1S/C33H27F5O4/c1-2-21-7-15-25(16-8-21)40-19-5-3-4-6-20-41-26-17-13-23(14-18-26)22-9-11-24(12-10-22)33(39)42-32-30(37)28(35)27(34)29(36)31(32)38/h2,7-18H,1,3-6,19-20H2. The minimum absolute atomic E-state index is 0.142. The lowest BCUT2D eigenvalue weighted by molar-refractivity contribution is 0.0716.